The van der Waals surface area contributed by atoms with Gasteiger partial charge in [0.2, 0.25) is 0 Å². The number of carbonyl (C=O) groups excluding carboxylic acids is 1. The summed E-state index contributed by atoms with van der Waals surface area (Å²) >= 11 is 5.98. The molecular formula is C14H18ClN3O. The molecule has 19 heavy (non-hydrogen) atoms. The molecule has 1 aromatic rings. The first-order chi connectivity index (χ1) is 8.91. The molecule has 2 N–H and O–H groups in total. The maximum atomic E-state index is 12.2. The molecule has 1 amide bonds. The van der Waals surface area contributed by atoms with Gasteiger partial charge in [-0.05, 0) is 30.5 Å². The summed E-state index contributed by atoms with van der Waals surface area (Å²) in [5.74, 6) is 0.864. The van der Waals surface area contributed by atoms with Crippen LogP contribution in [0.4, 0.5) is 0 Å². The number of hydrogen-bond donors (Lipinski definition) is 2. The quantitative estimate of drug-likeness (QED) is 0.892. The molecule has 0 aliphatic carbocycles. The number of amides is 1. The molecule has 0 spiro atoms. The summed E-state index contributed by atoms with van der Waals surface area (Å²) < 4.78 is 0. The van der Waals surface area contributed by atoms with E-state index >= 15 is 0 Å². The minimum absolute atomic E-state index is 0.114. The van der Waals surface area contributed by atoms with Crippen LogP contribution in [0.25, 0.3) is 0 Å². The Morgan fingerprint density at radius 2 is 2.16 bits per heavy atom. The van der Waals surface area contributed by atoms with Crippen LogP contribution in [-0.4, -0.2) is 18.4 Å². The SMILES string of the molecule is CC(C)CN=C1NC(=O)C(C)(c2cccc(Cl)c2)N1. The smallest absolute Gasteiger partial charge is 0.256 e. The number of hydrogen-bond acceptors (Lipinski definition) is 2. The minimum atomic E-state index is -0.819. The van der Waals surface area contributed by atoms with Gasteiger partial charge in [-0.2, -0.15) is 0 Å². The fraction of sp³-hybridized carbons (Fsp3) is 0.429. The molecule has 1 aliphatic rings. The number of benzene rings is 1. The highest BCUT2D eigenvalue weighted by molar-refractivity contribution is 6.30. The Labute approximate surface area is 118 Å². The second-order valence-electron chi connectivity index (χ2n) is 5.30. The van der Waals surface area contributed by atoms with E-state index < -0.39 is 5.54 Å². The van der Waals surface area contributed by atoms with Gasteiger partial charge in [0.25, 0.3) is 5.91 Å². The summed E-state index contributed by atoms with van der Waals surface area (Å²) in [7, 11) is 0. The van der Waals surface area contributed by atoms with Crippen LogP contribution in [0.2, 0.25) is 5.02 Å². The highest BCUT2D eigenvalue weighted by Gasteiger charge is 2.42. The average Bonchev–Trinajstić information content (AvgIpc) is 2.64. The van der Waals surface area contributed by atoms with Crippen LogP contribution in [0.5, 0.6) is 0 Å². The number of rotatable bonds is 3. The standard InChI is InChI=1S/C14H18ClN3O/c1-9(2)8-16-13-17-12(19)14(3,18-13)10-5-4-6-11(15)7-10/h4-7,9H,8H2,1-3H3,(H2,16,17,18,19). The highest BCUT2D eigenvalue weighted by Crippen LogP contribution is 2.26. The summed E-state index contributed by atoms with van der Waals surface area (Å²) in [6.45, 7) is 6.66. The van der Waals surface area contributed by atoms with Crippen molar-refractivity contribution >= 4 is 23.5 Å². The van der Waals surface area contributed by atoms with Crippen molar-refractivity contribution in [2.45, 2.75) is 26.3 Å². The Balaban J connectivity index is 2.25. The van der Waals surface area contributed by atoms with Gasteiger partial charge < -0.3 is 5.32 Å². The molecule has 5 heteroatoms. The third-order valence-electron chi connectivity index (χ3n) is 3.07. The van der Waals surface area contributed by atoms with Gasteiger partial charge in [-0.3, -0.25) is 15.1 Å². The Morgan fingerprint density at radius 1 is 1.42 bits per heavy atom. The molecule has 1 aromatic carbocycles. The molecule has 0 aromatic heterocycles. The van der Waals surface area contributed by atoms with Crippen LogP contribution >= 0.6 is 11.6 Å². The first-order valence-electron chi connectivity index (χ1n) is 6.32. The Bertz CT molecular complexity index is 527. The van der Waals surface area contributed by atoms with Gasteiger partial charge in [-0.15, -0.1) is 0 Å². The number of guanidine groups is 1. The van der Waals surface area contributed by atoms with Crippen LogP contribution in [0.1, 0.15) is 26.3 Å². The van der Waals surface area contributed by atoms with Crippen LogP contribution < -0.4 is 10.6 Å². The van der Waals surface area contributed by atoms with Gasteiger partial charge in [0.05, 0.1) is 0 Å². The predicted molar refractivity (Wildman–Crippen MR) is 77.2 cm³/mol. The third-order valence-corrected chi connectivity index (χ3v) is 3.31. The van der Waals surface area contributed by atoms with Crippen molar-refractivity contribution in [1.82, 2.24) is 10.6 Å². The van der Waals surface area contributed by atoms with Crippen LogP contribution in [0.3, 0.4) is 0 Å². The summed E-state index contributed by atoms with van der Waals surface area (Å²) in [5.41, 5.74) is 0.00742. The number of nitrogens with one attached hydrogen (secondary N) is 2. The van der Waals surface area contributed by atoms with Crippen molar-refractivity contribution < 1.29 is 4.79 Å². The summed E-state index contributed by atoms with van der Waals surface area (Å²) in [5, 5.41) is 6.53. The van der Waals surface area contributed by atoms with Crippen LogP contribution in [0.15, 0.2) is 29.3 Å². The van der Waals surface area contributed by atoms with Gasteiger partial charge in [0.15, 0.2) is 5.96 Å². The molecule has 2 rings (SSSR count). The molecule has 0 saturated carbocycles. The monoisotopic (exact) mass is 279 g/mol. The van der Waals surface area contributed by atoms with Gasteiger partial charge in [-0.1, -0.05) is 37.6 Å². The molecule has 1 unspecified atom stereocenters. The van der Waals surface area contributed by atoms with Crippen molar-refractivity contribution in [3.05, 3.63) is 34.9 Å². The highest BCUT2D eigenvalue weighted by atomic mass is 35.5. The van der Waals surface area contributed by atoms with Crippen LogP contribution in [0, 0.1) is 5.92 Å². The van der Waals surface area contributed by atoms with E-state index in [-0.39, 0.29) is 5.91 Å². The maximum Gasteiger partial charge on any atom is 0.256 e. The molecule has 102 valence electrons. The topological polar surface area (TPSA) is 53.5 Å². The number of aliphatic imine (C=N–C) groups is 1. The van der Waals surface area contributed by atoms with E-state index in [1.54, 1.807) is 12.1 Å². The normalized spacial score (nSPS) is 24.7. The third kappa shape index (κ3) is 2.89. The minimum Gasteiger partial charge on any atom is -0.338 e. The zero-order chi connectivity index (χ0) is 14.0. The Kier molecular flexibility index (Phi) is 3.80. The molecule has 1 atom stereocenters. The van der Waals surface area contributed by atoms with Gasteiger partial charge >= 0.3 is 0 Å². The average molecular weight is 280 g/mol. The van der Waals surface area contributed by atoms with Gasteiger partial charge in [0.1, 0.15) is 5.54 Å². The lowest BCUT2D eigenvalue weighted by Crippen LogP contribution is -2.40. The van der Waals surface area contributed by atoms with Crippen LogP contribution in [-0.2, 0) is 10.3 Å². The molecule has 1 saturated heterocycles. The predicted octanol–water partition coefficient (Wildman–Crippen LogP) is 2.29. The molecule has 1 heterocycles. The van der Waals surface area contributed by atoms with Gasteiger partial charge in [0, 0.05) is 11.6 Å². The van der Waals surface area contributed by atoms with Crippen molar-refractivity contribution in [1.29, 1.82) is 0 Å². The van der Waals surface area contributed by atoms with E-state index in [1.807, 2.05) is 19.1 Å². The summed E-state index contributed by atoms with van der Waals surface area (Å²) in [6.07, 6.45) is 0. The zero-order valence-corrected chi connectivity index (χ0v) is 12.1. The number of carbonyl (C=O) groups is 1. The fourth-order valence-electron chi connectivity index (χ4n) is 1.91. The van der Waals surface area contributed by atoms with Crippen molar-refractivity contribution in [3.63, 3.8) is 0 Å². The molecule has 1 aliphatic heterocycles. The van der Waals surface area contributed by atoms with Gasteiger partial charge in [-0.25, -0.2) is 0 Å². The first-order valence-corrected chi connectivity index (χ1v) is 6.70. The largest absolute Gasteiger partial charge is 0.338 e. The number of halogens is 1. The second kappa shape index (κ2) is 5.21. The molecule has 4 nitrogen and oxygen atoms in total. The fourth-order valence-corrected chi connectivity index (χ4v) is 2.10. The van der Waals surface area contributed by atoms with Crippen molar-refractivity contribution in [2.24, 2.45) is 10.9 Å². The lowest BCUT2D eigenvalue weighted by molar-refractivity contribution is -0.123. The number of nitrogens with zero attached hydrogens (tertiary/aromatic N) is 1. The first kappa shape index (κ1) is 13.9. The zero-order valence-electron chi connectivity index (χ0n) is 11.3. The van der Waals surface area contributed by atoms with E-state index in [1.165, 1.54) is 0 Å². The molecule has 0 bridgehead atoms. The lowest BCUT2D eigenvalue weighted by Gasteiger charge is -2.21. The van der Waals surface area contributed by atoms with E-state index in [4.69, 9.17) is 11.6 Å². The Morgan fingerprint density at radius 3 is 2.79 bits per heavy atom. The summed E-state index contributed by atoms with van der Waals surface area (Å²) in [4.78, 5) is 16.5. The van der Waals surface area contributed by atoms with Crippen molar-refractivity contribution in [2.75, 3.05) is 6.54 Å². The summed E-state index contributed by atoms with van der Waals surface area (Å²) in [6, 6.07) is 7.29. The van der Waals surface area contributed by atoms with E-state index in [2.05, 4.69) is 29.5 Å². The Hall–Kier alpha value is -1.55. The van der Waals surface area contributed by atoms with E-state index in [0.717, 1.165) is 5.56 Å². The lowest BCUT2D eigenvalue weighted by atomic mass is 9.92. The second-order valence-corrected chi connectivity index (χ2v) is 5.73. The van der Waals surface area contributed by atoms with Crippen molar-refractivity contribution in [3.8, 4) is 0 Å². The van der Waals surface area contributed by atoms with E-state index in [0.29, 0.717) is 23.4 Å². The molecular weight excluding hydrogens is 262 g/mol. The molecule has 1 fully saturated rings. The maximum absolute atomic E-state index is 12.2. The van der Waals surface area contributed by atoms with E-state index in [9.17, 15) is 4.79 Å². The molecule has 0 radical (unpaired) electrons.